The van der Waals surface area contributed by atoms with Crippen molar-refractivity contribution in [2.24, 2.45) is 28.1 Å². The molecule has 11 nitrogen and oxygen atoms in total. The molecule has 0 spiro atoms. The molecule has 34 heavy (non-hydrogen) atoms. The third-order valence-electron chi connectivity index (χ3n) is 8.95. The Kier molecular flexibility index (Phi) is 5.31. The minimum atomic E-state index is -2.40. The first-order valence-corrected chi connectivity index (χ1v) is 11.3. The van der Waals surface area contributed by atoms with E-state index in [1.807, 2.05) is 20.8 Å². The molecular weight excluding hydrogens is 452 g/mol. The molecule has 3 aliphatic heterocycles. The molecule has 5 unspecified atom stereocenters. The summed E-state index contributed by atoms with van der Waals surface area (Å²) in [6.07, 6.45) is -7.30. The summed E-state index contributed by atoms with van der Waals surface area (Å²) in [5.41, 5.74) is -9.10. The Bertz CT molecular complexity index is 926. The highest BCUT2D eigenvalue weighted by atomic mass is 16.8. The number of ether oxygens (including phenoxy) is 5. The van der Waals surface area contributed by atoms with Crippen LogP contribution in [0, 0.1) is 28.1 Å². The molecule has 1 saturated carbocycles. The van der Waals surface area contributed by atoms with Gasteiger partial charge in [-0.05, 0) is 19.3 Å². The van der Waals surface area contributed by atoms with Crippen molar-refractivity contribution in [2.45, 2.75) is 83.5 Å². The maximum atomic E-state index is 13.6. The lowest BCUT2D eigenvalue weighted by Crippen LogP contribution is -2.71. The topological polar surface area (TPSA) is 158 Å². The summed E-state index contributed by atoms with van der Waals surface area (Å²) >= 11 is 0. The van der Waals surface area contributed by atoms with E-state index in [4.69, 9.17) is 23.7 Å². The molecule has 0 aromatic rings. The van der Waals surface area contributed by atoms with Crippen molar-refractivity contribution in [3.05, 3.63) is 0 Å². The predicted molar refractivity (Wildman–Crippen MR) is 112 cm³/mol. The fourth-order valence-electron chi connectivity index (χ4n) is 7.97. The SMILES string of the molecule is COC(=O)C12OC3OC(=O)[C@H](OC)C3([C@@H]([C@H](C)O)C(C)(C)C)C1(C)[C@@H](O)C1OC(=O)[C@@H](C)[C@@]12O. The van der Waals surface area contributed by atoms with Gasteiger partial charge in [0.2, 0.25) is 11.9 Å². The number of esters is 3. The lowest BCUT2D eigenvalue weighted by Gasteiger charge is -2.55. The Balaban J connectivity index is 2.15. The fourth-order valence-corrected chi connectivity index (χ4v) is 7.97. The van der Waals surface area contributed by atoms with E-state index in [9.17, 15) is 29.7 Å². The molecule has 0 aromatic carbocycles. The quantitative estimate of drug-likeness (QED) is 0.348. The summed E-state index contributed by atoms with van der Waals surface area (Å²) in [6.45, 7) is 9.84. The molecule has 0 bridgehead atoms. The summed E-state index contributed by atoms with van der Waals surface area (Å²) in [4.78, 5) is 39.2. The second kappa shape index (κ2) is 7.13. The standard InChI is InChI=1S/C23H34O11/c1-9-15(26)32-13-12(25)20(6)21(11(10(2)24)19(3,4)5)14(30-7)16(27)33-18(21)34-23(20,17(28)31-8)22(9,13)29/h9-14,18,24-25,29H,1-8H3/t9-,10+,11+,12+,13?,14+,18?,20?,21?,22-,23?/m1/s1. The van der Waals surface area contributed by atoms with Crippen LogP contribution in [0.1, 0.15) is 41.5 Å². The number of rotatable bonds is 4. The normalized spacial score (nSPS) is 49.1. The van der Waals surface area contributed by atoms with Crippen LogP contribution >= 0.6 is 0 Å². The smallest absolute Gasteiger partial charge is 0.342 e. The van der Waals surface area contributed by atoms with Crippen molar-refractivity contribution in [1.82, 2.24) is 0 Å². The average Bonchev–Trinajstić information content (AvgIpc) is 3.27. The van der Waals surface area contributed by atoms with Gasteiger partial charge in [0, 0.05) is 13.0 Å². The van der Waals surface area contributed by atoms with Crippen LogP contribution in [0.3, 0.4) is 0 Å². The molecule has 11 heteroatoms. The van der Waals surface area contributed by atoms with E-state index >= 15 is 0 Å². The van der Waals surface area contributed by atoms with Crippen LogP contribution in [-0.2, 0) is 38.1 Å². The summed E-state index contributed by atoms with van der Waals surface area (Å²) in [7, 11) is 2.36. The Labute approximate surface area is 197 Å². The fraction of sp³-hybridized carbons (Fsp3) is 0.870. The second-order valence-electron chi connectivity index (χ2n) is 11.2. The van der Waals surface area contributed by atoms with Crippen molar-refractivity contribution >= 4 is 17.9 Å². The maximum Gasteiger partial charge on any atom is 0.342 e. The van der Waals surface area contributed by atoms with Crippen LogP contribution in [0.5, 0.6) is 0 Å². The molecule has 3 saturated heterocycles. The summed E-state index contributed by atoms with van der Waals surface area (Å²) in [5, 5.41) is 35.0. The van der Waals surface area contributed by atoms with Gasteiger partial charge in [-0.25, -0.2) is 9.59 Å². The number of carbonyl (C=O) groups is 3. The van der Waals surface area contributed by atoms with E-state index in [1.165, 1.54) is 27.9 Å². The highest BCUT2D eigenvalue weighted by Gasteiger charge is 2.97. The van der Waals surface area contributed by atoms with Crippen molar-refractivity contribution in [1.29, 1.82) is 0 Å². The summed E-state index contributed by atoms with van der Waals surface area (Å²) in [5.74, 6) is -4.86. The lowest BCUT2D eigenvalue weighted by atomic mass is 9.46. The van der Waals surface area contributed by atoms with E-state index in [2.05, 4.69) is 0 Å². The predicted octanol–water partition coefficient (Wildman–Crippen LogP) is -0.471. The average molecular weight is 487 g/mol. The van der Waals surface area contributed by atoms with Gasteiger partial charge in [-0.2, -0.15) is 0 Å². The van der Waals surface area contributed by atoms with Gasteiger partial charge in [0.1, 0.15) is 6.10 Å². The summed E-state index contributed by atoms with van der Waals surface area (Å²) < 4.78 is 28.0. The first-order chi connectivity index (χ1) is 15.6. The summed E-state index contributed by atoms with van der Waals surface area (Å²) in [6, 6.07) is 0. The van der Waals surface area contributed by atoms with Gasteiger partial charge in [0.25, 0.3) is 0 Å². The third-order valence-corrected chi connectivity index (χ3v) is 8.95. The molecule has 1 aliphatic carbocycles. The number of aliphatic hydroxyl groups excluding tert-OH is 2. The number of aliphatic hydroxyl groups is 3. The van der Waals surface area contributed by atoms with Crippen LogP contribution in [0.15, 0.2) is 0 Å². The third kappa shape index (κ3) is 2.28. The zero-order chi connectivity index (χ0) is 25.8. The molecule has 4 fully saturated rings. The molecule has 0 aromatic heterocycles. The molecule has 0 radical (unpaired) electrons. The Hall–Kier alpha value is -1.79. The van der Waals surface area contributed by atoms with Gasteiger partial charge in [-0.1, -0.05) is 27.7 Å². The largest absolute Gasteiger partial charge is 0.467 e. The Morgan fingerprint density at radius 3 is 2.21 bits per heavy atom. The minimum absolute atomic E-state index is 0.752. The number of methoxy groups -OCH3 is 2. The zero-order valence-corrected chi connectivity index (χ0v) is 20.6. The van der Waals surface area contributed by atoms with E-state index in [-0.39, 0.29) is 0 Å². The zero-order valence-electron chi connectivity index (χ0n) is 20.6. The van der Waals surface area contributed by atoms with Gasteiger partial charge in [0.15, 0.2) is 17.8 Å². The van der Waals surface area contributed by atoms with Crippen molar-refractivity contribution in [3.63, 3.8) is 0 Å². The Morgan fingerprint density at radius 1 is 1.15 bits per heavy atom. The first-order valence-electron chi connectivity index (χ1n) is 11.3. The van der Waals surface area contributed by atoms with E-state index < -0.39 is 87.9 Å². The number of hydrogen-bond donors (Lipinski definition) is 3. The van der Waals surface area contributed by atoms with E-state index in [1.54, 1.807) is 0 Å². The number of hydrogen-bond acceptors (Lipinski definition) is 11. The molecule has 192 valence electrons. The van der Waals surface area contributed by atoms with Crippen molar-refractivity contribution in [2.75, 3.05) is 14.2 Å². The molecule has 3 N–H and O–H groups in total. The van der Waals surface area contributed by atoms with Crippen LogP contribution in [0.2, 0.25) is 0 Å². The van der Waals surface area contributed by atoms with Gasteiger partial charge in [0.05, 0.1) is 30.0 Å². The van der Waals surface area contributed by atoms with E-state index in [0.29, 0.717) is 0 Å². The van der Waals surface area contributed by atoms with Gasteiger partial charge >= 0.3 is 17.9 Å². The number of fused-ring (bicyclic) bond motifs is 5. The lowest BCUT2D eigenvalue weighted by molar-refractivity contribution is -0.247. The molecule has 4 rings (SSSR count). The maximum absolute atomic E-state index is 13.6. The Morgan fingerprint density at radius 2 is 1.74 bits per heavy atom. The molecule has 3 heterocycles. The monoisotopic (exact) mass is 486 g/mol. The van der Waals surface area contributed by atoms with Gasteiger partial charge in [-0.3, -0.25) is 4.79 Å². The van der Waals surface area contributed by atoms with Crippen molar-refractivity contribution < 1.29 is 53.4 Å². The van der Waals surface area contributed by atoms with Crippen LogP contribution in [-0.4, -0.2) is 89.4 Å². The molecule has 0 amide bonds. The van der Waals surface area contributed by atoms with Gasteiger partial charge in [-0.15, -0.1) is 0 Å². The second-order valence-corrected chi connectivity index (χ2v) is 11.2. The van der Waals surface area contributed by atoms with Crippen LogP contribution < -0.4 is 0 Å². The highest BCUT2D eigenvalue weighted by molar-refractivity contribution is 5.91. The minimum Gasteiger partial charge on any atom is -0.467 e. The molecular formula is C23H34O11. The highest BCUT2D eigenvalue weighted by Crippen LogP contribution is 2.78. The van der Waals surface area contributed by atoms with Crippen LogP contribution in [0.4, 0.5) is 0 Å². The van der Waals surface area contributed by atoms with Crippen LogP contribution in [0.25, 0.3) is 0 Å². The van der Waals surface area contributed by atoms with Gasteiger partial charge < -0.3 is 39.0 Å². The molecule has 11 atom stereocenters. The van der Waals surface area contributed by atoms with E-state index in [0.717, 1.165) is 7.11 Å². The first kappa shape index (κ1) is 25.3. The van der Waals surface area contributed by atoms with Crippen molar-refractivity contribution in [3.8, 4) is 0 Å². The molecule has 4 aliphatic rings. The number of carbonyl (C=O) groups excluding carboxylic acids is 3.